The van der Waals surface area contributed by atoms with Crippen molar-refractivity contribution in [1.29, 1.82) is 0 Å². The maximum absolute atomic E-state index is 9.19. The average Bonchev–Trinajstić information content (AvgIpc) is 3.43. The van der Waals surface area contributed by atoms with E-state index in [9.17, 15) is 8.42 Å². The summed E-state index contributed by atoms with van der Waals surface area (Å²) in [6.07, 6.45) is 0.715. The SMILES string of the molecule is CC(C)Cn1nnc2ccc(-c3nc(-c4c(Cl)cccc4Cl)[nH]c3-c3ccccc3)nc21.CS(=O)(=O)O. The maximum atomic E-state index is 9.19. The maximum Gasteiger partial charge on any atom is 0.261 e. The van der Waals surface area contributed by atoms with Gasteiger partial charge in [-0.25, -0.2) is 14.6 Å². The highest BCUT2D eigenvalue weighted by molar-refractivity contribution is 7.85. The summed E-state index contributed by atoms with van der Waals surface area (Å²) in [5, 5.41) is 9.57. The van der Waals surface area contributed by atoms with Crippen LogP contribution in [0.25, 0.3) is 45.2 Å². The highest BCUT2D eigenvalue weighted by atomic mass is 35.5. The van der Waals surface area contributed by atoms with Crippen LogP contribution in [0, 0.1) is 5.92 Å². The summed E-state index contributed by atoms with van der Waals surface area (Å²) in [5.74, 6) is 1.01. The second-order valence-electron chi connectivity index (χ2n) is 8.71. The van der Waals surface area contributed by atoms with Gasteiger partial charge in [0.25, 0.3) is 10.1 Å². The number of hydrogen-bond donors (Lipinski definition) is 2. The van der Waals surface area contributed by atoms with E-state index in [1.807, 2.05) is 53.2 Å². The fourth-order valence-corrected chi connectivity index (χ4v) is 4.25. The molecule has 0 fully saturated rings. The smallest absolute Gasteiger partial charge is 0.261 e. The lowest BCUT2D eigenvalue weighted by atomic mass is 10.1. The van der Waals surface area contributed by atoms with Crippen molar-refractivity contribution >= 4 is 44.5 Å². The monoisotopic (exact) mass is 558 g/mol. The Balaban J connectivity index is 0.000000586. The van der Waals surface area contributed by atoms with Gasteiger partial charge in [-0.2, -0.15) is 8.42 Å². The first-order chi connectivity index (χ1) is 17.5. The first-order valence-electron chi connectivity index (χ1n) is 11.2. The van der Waals surface area contributed by atoms with Gasteiger partial charge in [-0.3, -0.25) is 4.55 Å². The van der Waals surface area contributed by atoms with E-state index < -0.39 is 10.1 Å². The van der Waals surface area contributed by atoms with Gasteiger partial charge >= 0.3 is 0 Å². The quantitative estimate of drug-likeness (QED) is 0.252. The molecule has 0 bridgehead atoms. The van der Waals surface area contributed by atoms with Gasteiger partial charge in [-0.15, -0.1) is 5.10 Å². The molecule has 0 amide bonds. The van der Waals surface area contributed by atoms with Crippen LogP contribution in [-0.2, 0) is 16.7 Å². The van der Waals surface area contributed by atoms with Crippen molar-refractivity contribution in [2.24, 2.45) is 5.92 Å². The van der Waals surface area contributed by atoms with Crippen LogP contribution in [0.4, 0.5) is 0 Å². The van der Waals surface area contributed by atoms with Crippen molar-refractivity contribution in [1.82, 2.24) is 29.9 Å². The third-order valence-electron chi connectivity index (χ3n) is 5.11. The Hall–Kier alpha value is -3.31. The summed E-state index contributed by atoms with van der Waals surface area (Å²) >= 11 is 12.9. The number of pyridine rings is 1. The van der Waals surface area contributed by atoms with E-state index in [4.69, 9.17) is 37.7 Å². The van der Waals surface area contributed by atoms with Crippen molar-refractivity contribution < 1.29 is 13.0 Å². The van der Waals surface area contributed by atoms with Gasteiger partial charge in [0.05, 0.1) is 33.3 Å². The van der Waals surface area contributed by atoms with Crippen molar-refractivity contribution in [2.45, 2.75) is 20.4 Å². The minimum absolute atomic E-state index is 0.421. The zero-order valence-corrected chi connectivity index (χ0v) is 22.6. The van der Waals surface area contributed by atoms with E-state index in [0.717, 1.165) is 29.0 Å². The Bertz CT molecular complexity index is 1620. The predicted octanol–water partition coefficient (Wildman–Crippen LogP) is 6.02. The van der Waals surface area contributed by atoms with E-state index in [2.05, 4.69) is 29.1 Å². The second-order valence-corrected chi connectivity index (χ2v) is 11.0. The van der Waals surface area contributed by atoms with Crippen LogP contribution < -0.4 is 0 Å². The van der Waals surface area contributed by atoms with Gasteiger partial charge in [0.15, 0.2) is 5.65 Å². The summed E-state index contributed by atoms with van der Waals surface area (Å²) in [4.78, 5) is 13.2. The van der Waals surface area contributed by atoms with Gasteiger partial charge in [-0.05, 0) is 30.2 Å². The Morgan fingerprint density at radius 2 is 1.62 bits per heavy atom. The number of nitrogens with zero attached hydrogens (tertiary/aromatic N) is 5. The first kappa shape index (κ1) is 26.7. The first-order valence-corrected chi connectivity index (χ1v) is 13.8. The molecule has 9 nitrogen and oxygen atoms in total. The number of imidazole rings is 1. The molecule has 192 valence electrons. The highest BCUT2D eigenvalue weighted by Crippen LogP contribution is 2.38. The third-order valence-corrected chi connectivity index (χ3v) is 5.74. The topological polar surface area (TPSA) is 127 Å². The summed E-state index contributed by atoms with van der Waals surface area (Å²) in [7, 11) is -3.67. The summed E-state index contributed by atoms with van der Waals surface area (Å²) < 4.78 is 27.7. The van der Waals surface area contributed by atoms with Crippen molar-refractivity contribution in [3.05, 3.63) is 70.7 Å². The molecule has 37 heavy (non-hydrogen) atoms. The fourth-order valence-electron chi connectivity index (χ4n) is 3.67. The van der Waals surface area contributed by atoms with Crippen LogP contribution in [0.5, 0.6) is 0 Å². The number of aromatic nitrogens is 6. The molecule has 0 radical (unpaired) electrons. The van der Waals surface area contributed by atoms with Gasteiger partial charge in [-0.1, -0.05) is 78.7 Å². The molecule has 0 aliphatic carbocycles. The predicted molar refractivity (Wildman–Crippen MR) is 146 cm³/mol. The second kappa shape index (κ2) is 11.0. The summed E-state index contributed by atoms with van der Waals surface area (Å²) in [6.45, 7) is 5.01. The van der Waals surface area contributed by atoms with Crippen molar-refractivity contribution in [3.8, 4) is 34.0 Å². The van der Waals surface area contributed by atoms with Gasteiger partial charge in [0.1, 0.15) is 17.0 Å². The lowest BCUT2D eigenvalue weighted by Crippen LogP contribution is -2.07. The normalized spacial score (nSPS) is 11.5. The molecule has 3 aromatic heterocycles. The summed E-state index contributed by atoms with van der Waals surface area (Å²) in [5.41, 5.74) is 5.39. The molecule has 0 aliphatic heterocycles. The van der Waals surface area contributed by atoms with Gasteiger partial charge < -0.3 is 4.98 Å². The number of halogens is 2. The molecule has 5 aromatic rings. The molecular formula is C25H24Cl2N6O3S. The summed E-state index contributed by atoms with van der Waals surface area (Å²) in [6, 6.07) is 19.3. The molecule has 2 N–H and O–H groups in total. The van der Waals surface area contributed by atoms with Crippen LogP contribution in [0.1, 0.15) is 13.8 Å². The Kier molecular flexibility index (Phi) is 7.93. The lowest BCUT2D eigenvalue weighted by Gasteiger charge is -2.06. The number of rotatable bonds is 5. The minimum atomic E-state index is -3.67. The van der Waals surface area contributed by atoms with Crippen molar-refractivity contribution in [3.63, 3.8) is 0 Å². The van der Waals surface area contributed by atoms with Crippen LogP contribution in [0.3, 0.4) is 0 Å². The Morgan fingerprint density at radius 1 is 0.973 bits per heavy atom. The molecule has 0 unspecified atom stereocenters. The van der Waals surface area contributed by atoms with E-state index in [1.54, 1.807) is 12.1 Å². The van der Waals surface area contributed by atoms with E-state index in [-0.39, 0.29) is 0 Å². The standard InChI is InChI=1S/C24H20Cl2N6.CH4O3S/c1-14(2)13-32-24-19(30-31-32)12-11-18(27-24)22-21(15-7-4-3-5-8-15)28-23(29-22)20-16(25)9-6-10-17(20)26;1-5(2,3)4/h3-12,14H,13H2,1-2H3,(H,28,29);1H3,(H,2,3,4). The molecule has 0 spiro atoms. The third kappa shape index (κ3) is 6.53. The van der Waals surface area contributed by atoms with Crippen molar-refractivity contribution in [2.75, 3.05) is 6.26 Å². The largest absolute Gasteiger partial charge is 0.337 e. The molecule has 2 aromatic carbocycles. The molecule has 0 aliphatic rings. The zero-order chi connectivity index (χ0) is 26.7. The molecular weight excluding hydrogens is 535 g/mol. The average molecular weight is 559 g/mol. The van der Waals surface area contributed by atoms with Crippen LogP contribution in [0.2, 0.25) is 10.0 Å². The molecule has 5 rings (SSSR count). The number of benzene rings is 2. The molecule has 0 atom stereocenters. The van der Waals surface area contributed by atoms with E-state index in [0.29, 0.717) is 45.0 Å². The number of fused-ring (bicyclic) bond motifs is 1. The fraction of sp³-hybridized carbons (Fsp3) is 0.200. The molecule has 12 heteroatoms. The Morgan fingerprint density at radius 3 is 2.24 bits per heavy atom. The van der Waals surface area contributed by atoms with Gasteiger partial charge in [0, 0.05) is 12.1 Å². The minimum Gasteiger partial charge on any atom is -0.337 e. The van der Waals surface area contributed by atoms with Gasteiger partial charge in [0.2, 0.25) is 0 Å². The van der Waals surface area contributed by atoms with E-state index in [1.165, 1.54) is 0 Å². The number of H-pyrrole nitrogens is 1. The number of hydrogen-bond acceptors (Lipinski definition) is 6. The highest BCUT2D eigenvalue weighted by Gasteiger charge is 2.20. The van der Waals surface area contributed by atoms with E-state index >= 15 is 0 Å². The van der Waals surface area contributed by atoms with Crippen LogP contribution >= 0.6 is 23.2 Å². The van der Waals surface area contributed by atoms with Crippen LogP contribution in [0.15, 0.2) is 60.7 Å². The number of aromatic amines is 1. The lowest BCUT2D eigenvalue weighted by molar-refractivity contribution is 0.480. The molecule has 0 saturated heterocycles. The van der Waals surface area contributed by atoms with Crippen LogP contribution in [-0.4, -0.2) is 49.2 Å². The zero-order valence-electron chi connectivity index (χ0n) is 20.2. The Labute approximate surface area is 224 Å². The molecule has 3 heterocycles. The molecule has 0 saturated carbocycles. The number of nitrogens with one attached hydrogen (secondary N) is 1.